The Labute approximate surface area is 88.5 Å². The first kappa shape index (κ1) is 11.9. The van der Waals surface area contributed by atoms with Crippen molar-refractivity contribution in [3.8, 4) is 0 Å². The van der Waals surface area contributed by atoms with Gasteiger partial charge in [-0.25, -0.2) is 5.48 Å². The van der Waals surface area contributed by atoms with Crippen LogP contribution in [0.1, 0.15) is 19.8 Å². The summed E-state index contributed by atoms with van der Waals surface area (Å²) < 4.78 is 0. The van der Waals surface area contributed by atoms with Crippen molar-refractivity contribution in [2.45, 2.75) is 25.8 Å². The average Bonchev–Trinajstić information content (AvgIpc) is 2.17. The third-order valence-corrected chi connectivity index (χ3v) is 2.38. The molecule has 0 saturated carbocycles. The maximum absolute atomic E-state index is 11.5. The molecular formula is C9H17N3O3. The van der Waals surface area contributed by atoms with E-state index >= 15 is 0 Å². The summed E-state index contributed by atoms with van der Waals surface area (Å²) >= 11 is 0. The van der Waals surface area contributed by atoms with E-state index < -0.39 is 5.91 Å². The van der Waals surface area contributed by atoms with Crippen LogP contribution >= 0.6 is 0 Å². The summed E-state index contributed by atoms with van der Waals surface area (Å²) in [5.41, 5.74) is 7.09. The van der Waals surface area contributed by atoms with Crippen molar-refractivity contribution in [3.05, 3.63) is 0 Å². The molecule has 6 nitrogen and oxygen atoms in total. The van der Waals surface area contributed by atoms with E-state index in [0.717, 1.165) is 19.4 Å². The maximum Gasteiger partial charge on any atom is 0.246 e. The molecule has 1 fully saturated rings. The number of amides is 2. The standard InChI is InChI=1S/C9H17N3O3/c1-6-4-7(2-3-11-6)9(14)12-15-5-8(10)13/h6-7,11H,2-5H2,1H3,(H2,10,13)(H,12,14). The fourth-order valence-corrected chi connectivity index (χ4v) is 1.63. The number of primary amides is 1. The number of piperidine rings is 1. The predicted octanol–water partition coefficient (Wildman–Crippen LogP) is -1.09. The normalized spacial score (nSPS) is 25.9. The van der Waals surface area contributed by atoms with Crippen LogP contribution in [-0.4, -0.2) is 31.0 Å². The van der Waals surface area contributed by atoms with Crippen molar-refractivity contribution in [2.24, 2.45) is 11.7 Å². The molecule has 1 rings (SSSR count). The molecule has 0 spiro atoms. The van der Waals surface area contributed by atoms with E-state index in [2.05, 4.69) is 15.6 Å². The highest BCUT2D eigenvalue weighted by Crippen LogP contribution is 2.15. The minimum absolute atomic E-state index is 0.0471. The number of carbonyl (C=O) groups excluding carboxylic acids is 2. The van der Waals surface area contributed by atoms with Crippen LogP contribution in [0.25, 0.3) is 0 Å². The molecule has 2 unspecified atom stereocenters. The average molecular weight is 215 g/mol. The van der Waals surface area contributed by atoms with Gasteiger partial charge >= 0.3 is 0 Å². The molecule has 1 aliphatic rings. The number of hydroxylamine groups is 1. The lowest BCUT2D eigenvalue weighted by Crippen LogP contribution is -2.42. The number of carbonyl (C=O) groups is 2. The first-order chi connectivity index (χ1) is 7.09. The summed E-state index contributed by atoms with van der Waals surface area (Å²) in [6.07, 6.45) is 1.57. The number of hydrogen-bond donors (Lipinski definition) is 3. The van der Waals surface area contributed by atoms with Crippen molar-refractivity contribution < 1.29 is 14.4 Å². The Hall–Kier alpha value is -1.14. The molecule has 86 valence electrons. The van der Waals surface area contributed by atoms with Crippen LogP contribution in [0.3, 0.4) is 0 Å². The number of hydrogen-bond acceptors (Lipinski definition) is 4. The van der Waals surface area contributed by atoms with Crippen LogP contribution in [0.4, 0.5) is 0 Å². The zero-order chi connectivity index (χ0) is 11.3. The molecule has 0 aliphatic carbocycles. The Kier molecular flexibility index (Phi) is 4.51. The van der Waals surface area contributed by atoms with Crippen LogP contribution in [0.5, 0.6) is 0 Å². The molecule has 0 radical (unpaired) electrons. The Bertz CT molecular complexity index is 245. The first-order valence-electron chi connectivity index (χ1n) is 5.03. The molecule has 0 aromatic heterocycles. The highest BCUT2D eigenvalue weighted by molar-refractivity contribution is 5.78. The lowest BCUT2D eigenvalue weighted by molar-refractivity contribution is -0.142. The summed E-state index contributed by atoms with van der Waals surface area (Å²) in [6.45, 7) is 2.57. The Morgan fingerprint density at radius 1 is 1.60 bits per heavy atom. The van der Waals surface area contributed by atoms with Gasteiger partial charge in [-0.1, -0.05) is 0 Å². The second-order valence-electron chi connectivity index (χ2n) is 3.80. The quantitative estimate of drug-likeness (QED) is 0.519. The molecule has 0 aromatic rings. The SMILES string of the molecule is CC1CC(C(=O)NOCC(N)=O)CCN1. The summed E-state index contributed by atoms with van der Waals surface area (Å²) in [4.78, 5) is 26.5. The second-order valence-corrected chi connectivity index (χ2v) is 3.80. The van der Waals surface area contributed by atoms with Gasteiger partial charge in [-0.2, -0.15) is 0 Å². The summed E-state index contributed by atoms with van der Waals surface area (Å²) in [5.74, 6) is -0.826. The van der Waals surface area contributed by atoms with E-state index in [1.807, 2.05) is 6.92 Å². The van der Waals surface area contributed by atoms with Gasteiger partial charge < -0.3 is 11.1 Å². The van der Waals surface area contributed by atoms with Gasteiger partial charge in [-0.3, -0.25) is 14.4 Å². The first-order valence-corrected chi connectivity index (χ1v) is 5.03. The second kappa shape index (κ2) is 5.67. The van der Waals surface area contributed by atoms with Crippen molar-refractivity contribution in [1.29, 1.82) is 0 Å². The van der Waals surface area contributed by atoms with Crippen molar-refractivity contribution in [2.75, 3.05) is 13.2 Å². The predicted molar refractivity (Wildman–Crippen MR) is 53.5 cm³/mol. The van der Waals surface area contributed by atoms with Gasteiger partial charge in [0.2, 0.25) is 11.8 Å². The van der Waals surface area contributed by atoms with Gasteiger partial charge in [0.25, 0.3) is 0 Å². The van der Waals surface area contributed by atoms with Crippen LogP contribution in [0, 0.1) is 5.92 Å². The van der Waals surface area contributed by atoms with E-state index in [1.165, 1.54) is 0 Å². The van der Waals surface area contributed by atoms with E-state index in [1.54, 1.807) is 0 Å². The van der Waals surface area contributed by atoms with Crippen LogP contribution in [0.2, 0.25) is 0 Å². The summed E-state index contributed by atoms with van der Waals surface area (Å²) in [6, 6.07) is 0.339. The van der Waals surface area contributed by atoms with Gasteiger partial charge in [-0.15, -0.1) is 0 Å². The largest absolute Gasteiger partial charge is 0.368 e. The zero-order valence-corrected chi connectivity index (χ0v) is 8.79. The number of rotatable bonds is 4. The molecule has 1 aliphatic heterocycles. The molecule has 1 heterocycles. The van der Waals surface area contributed by atoms with Crippen LogP contribution in [0.15, 0.2) is 0 Å². The minimum atomic E-state index is -0.603. The molecule has 0 bridgehead atoms. The molecule has 4 N–H and O–H groups in total. The molecule has 2 amide bonds. The molecule has 15 heavy (non-hydrogen) atoms. The van der Waals surface area contributed by atoms with Gasteiger partial charge in [0.1, 0.15) is 0 Å². The van der Waals surface area contributed by atoms with E-state index in [4.69, 9.17) is 5.73 Å². The fourth-order valence-electron chi connectivity index (χ4n) is 1.63. The highest BCUT2D eigenvalue weighted by Gasteiger charge is 2.24. The van der Waals surface area contributed by atoms with Gasteiger partial charge in [-0.05, 0) is 26.3 Å². The monoisotopic (exact) mass is 215 g/mol. The smallest absolute Gasteiger partial charge is 0.246 e. The van der Waals surface area contributed by atoms with E-state index in [-0.39, 0.29) is 18.4 Å². The van der Waals surface area contributed by atoms with Crippen molar-refractivity contribution >= 4 is 11.8 Å². The minimum Gasteiger partial charge on any atom is -0.368 e. The van der Waals surface area contributed by atoms with Crippen molar-refractivity contribution in [3.63, 3.8) is 0 Å². The lowest BCUT2D eigenvalue weighted by Gasteiger charge is -2.26. The molecule has 2 atom stereocenters. The summed E-state index contributed by atoms with van der Waals surface area (Å²) in [7, 11) is 0. The van der Waals surface area contributed by atoms with E-state index in [9.17, 15) is 9.59 Å². The van der Waals surface area contributed by atoms with Gasteiger partial charge in [0.15, 0.2) is 6.61 Å². The van der Waals surface area contributed by atoms with Gasteiger partial charge in [0.05, 0.1) is 0 Å². The molecule has 0 aromatic carbocycles. The fraction of sp³-hybridized carbons (Fsp3) is 0.778. The third-order valence-electron chi connectivity index (χ3n) is 2.38. The number of nitrogens with two attached hydrogens (primary N) is 1. The van der Waals surface area contributed by atoms with Crippen molar-refractivity contribution in [1.82, 2.24) is 10.8 Å². The zero-order valence-electron chi connectivity index (χ0n) is 8.79. The topological polar surface area (TPSA) is 93.4 Å². The highest BCUT2D eigenvalue weighted by atomic mass is 16.7. The Balaban J connectivity index is 2.24. The third kappa shape index (κ3) is 4.26. The molecule has 6 heteroatoms. The molecular weight excluding hydrogens is 198 g/mol. The van der Waals surface area contributed by atoms with Gasteiger partial charge in [0, 0.05) is 12.0 Å². The maximum atomic E-state index is 11.5. The summed E-state index contributed by atoms with van der Waals surface area (Å²) in [5, 5.41) is 3.25. The van der Waals surface area contributed by atoms with Crippen LogP contribution < -0.4 is 16.5 Å². The lowest BCUT2D eigenvalue weighted by atomic mass is 9.93. The Morgan fingerprint density at radius 3 is 2.93 bits per heavy atom. The van der Waals surface area contributed by atoms with Crippen LogP contribution in [-0.2, 0) is 14.4 Å². The van der Waals surface area contributed by atoms with E-state index in [0.29, 0.717) is 6.04 Å². The number of nitrogens with one attached hydrogen (secondary N) is 2. The molecule has 1 saturated heterocycles. The Morgan fingerprint density at radius 2 is 2.33 bits per heavy atom.